The number of hydrogen-bond donors (Lipinski definition) is 1. The molecule has 0 radical (unpaired) electrons. The van der Waals surface area contributed by atoms with Gasteiger partial charge in [0.2, 0.25) is 21.8 Å². The van der Waals surface area contributed by atoms with Gasteiger partial charge in [-0.1, -0.05) is 61.3 Å². The van der Waals surface area contributed by atoms with Crippen molar-refractivity contribution in [2.75, 3.05) is 23.7 Å². The Morgan fingerprint density at radius 3 is 2.35 bits per heavy atom. The monoisotopic (exact) mass is 507 g/mol. The van der Waals surface area contributed by atoms with Crippen LogP contribution in [0.25, 0.3) is 0 Å². The molecule has 186 valence electrons. The number of amides is 2. The lowest BCUT2D eigenvalue weighted by Gasteiger charge is -2.33. The van der Waals surface area contributed by atoms with Gasteiger partial charge in [0.15, 0.2) is 0 Å². The van der Waals surface area contributed by atoms with Crippen LogP contribution in [0.2, 0.25) is 5.02 Å². The third-order valence-electron chi connectivity index (χ3n) is 5.56. The Labute approximate surface area is 208 Å². The molecule has 0 aromatic heterocycles. The van der Waals surface area contributed by atoms with E-state index in [0.29, 0.717) is 29.2 Å². The molecular formula is C25H34ClN3O4S. The molecule has 2 amide bonds. The maximum atomic E-state index is 13.6. The number of hydrogen-bond acceptors (Lipinski definition) is 4. The van der Waals surface area contributed by atoms with Crippen LogP contribution in [0, 0.1) is 13.8 Å². The number of nitrogens with zero attached hydrogens (tertiary/aromatic N) is 2. The van der Waals surface area contributed by atoms with Crippen molar-refractivity contribution >= 4 is 39.1 Å². The molecule has 0 unspecified atom stereocenters. The van der Waals surface area contributed by atoms with Crippen LogP contribution in [-0.2, 0) is 26.2 Å². The molecule has 0 bridgehead atoms. The predicted octanol–water partition coefficient (Wildman–Crippen LogP) is 4.06. The largest absolute Gasteiger partial charge is 0.354 e. The molecule has 2 aromatic carbocycles. The number of nitrogens with one attached hydrogen (secondary N) is 1. The molecule has 34 heavy (non-hydrogen) atoms. The minimum atomic E-state index is -3.81. The molecule has 2 aromatic rings. The SMILES string of the molecule is CCCNC(=O)[C@@H](CC)N(Cc1cccc(C)c1)C(=O)CN(c1cccc(Cl)c1C)S(C)(=O)=O. The molecule has 0 aliphatic rings. The molecule has 1 N–H and O–H groups in total. The summed E-state index contributed by atoms with van der Waals surface area (Å²) < 4.78 is 26.5. The number of halogens is 1. The van der Waals surface area contributed by atoms with E-state index < -0.39 is 28.5 Å². The summed E-state index contributed by atoms with van der Waals surface area (Å²) >= 11 is 6.22. The molecule has 0 saturated heterocycles. The van der Waals surface area contributed by atoms with Gasteiger partial charge < -0.3 is 10.2 Å². The van der Waals surface area contributed by atoms with Crippen LogP contribution in [0.4, 0.5) is 5.69 Å². The van der Waals surface area contributed by atoms with Crippen LogP contribution in [0.5, 0.6) is 0 Å². The van der Waals surface area contributed by atoms with E-state index in [4.69, 9.17) is 11.6 Å². The zero-order chi connectivity index (χ0) is 25.5. The summed E-state index contributed by atoms with van der Waals surface area (Å²) in [6, 6.07) is 11.9. The first-order valence-corrected chi connectivity index (χ1v) is 13.6. The maximum absolute atomic E-state index is 13.6. The fourth-order valence-corrected chi connectivity index (χ4v) is 4.82. The molecule has 2 rings (SSSR count). The molecule has 0 fully saturated rings. The summed E-state index contributed by atoms with van der Waals surface area (Å²) in [5.41, 5.74) is 2.78. The van der Waals surface area contributed by atoms with E-state index in [-0.39, 0.29) is 12.5 Å². The van der Waals surface area contributed by atoms with Gasteiger partial charge in [-0.3, -0.25) is 13.9 Å². The fraction of sp³-hybridized carbons (Fsp3) is 0.440. The number of carbonyl (C=O) groups excluding carboxylic acids is 2. The van der Waals surface area contributed by atoms with Gasteiger partial charge >= 0.3 is 0 Å². The highest BCUT2D eigenvalue weighted by Gasteiger charge is 2.32. The number of sulfonamides is 1. The van der Waals surface area contributed by atoms with E-state index in [1.165, 1.54) is 4.90 Å². The highest BCUT2D eigenvalue weighted by Crippen LogP contribution is 2.28. The Morgan fingerprint density at radius 2 is 1.76 bits per heavy atom. The van der Waals surface area contributed by atoms with Gasteiger partial charge in [0.25, 0.3) is 0 Å². The number of rotatable bonds is 11. The van der Waals surface area contributed by atoms with Gasteiger partial charge in [0.05, 0.1) is 11.9 Å². The minimum absolute atomic E-state index is 0.185. The van der Waals surface area contributed by atoms with E-state index in [9.17, 15) is 18.0 Å². The molecule has 9 heteroatoms. The zero-order valence-corrected chi connectivity index (χ0v) is 22.0. The van der Waals surface area contributed by atoms with Gasteiger partial charge in [-0.2, -0.15) is 0 Å². The van der Waals surface area contributed by atoms with Gasteiger partial charge in [-0.15, -0.1) is 0 Å². The Hall–Kier alpha value is -2.58. The first-order chi connectivity index (χ1) is 16.0. The van der Waals surface area contributed by atoms with E-state index >= 15 is 0 Å². The summed E-state index contributed by atoms with van der Waals surface area (Å²) in [7, 11) is -3.81. The van der Waals surface area contributed by atoms with Crippen LogP contribution in [0.15, 0.2) is 42.5 Å². The van der Waals surface area contributed by atoms with Crippen molar-refractivity contribution < 1.29 is 18.0 Å². The standard InChI is InChI=1S/C25H34ClN3O4S/c1-6-14-27-25(31)22(7-2)28(16-20-11-8-10-18(3)15-20)24(30)17-29(34(5,32)33)23-13-9-12-21(26)19(23)4/h8-13,15,22H,6-7,14,16-17H2,1-5H3,(H,27,31)/t22-/m1/s1. The number of anilines is 1. The summed E-state index contributed by atoms with van der Waals surface area (Å²) in [6.07, 6.45) is 2.21. The minimum Gasteiger partial charge on any atom is -0.354 e. The number of benzene rings is 2. The van der Waals surface area contributed by atoms with Crippen LogP contribution in [0.3, 0.4) is 0 Å². The molecule has 7 nitrogen and oxygen atoms in total. The molecule has 1 atom stereocenters. The first kappa shape index (κ1) is 27.7. The molecule has 0 aliphatic heterocycles. The van der Waals surface area contributed by atoms with Gasteiger partial charge in [-0.25, -0.2) is 8.42 Å². The predicted molar refractivity (Wildman–Crippen MR) is 137 cm³/mol. The lowest BCUT2D eigenvalue weighted by molar-refractivity contribution is -0.140. The topological polar surface area (TPSA) is 86.8 Å². The average molecular weight is 508 g/mol. The van der Waals surface area contributed by atoms with Crippen molar-refractivity contribution in [1.82, 2.24) is 10.2 Å². The van der Waals surface area contributed by atoms with Crippen LogP contribution in [-0.4, -0.2) is 50.5 Å². The van der Waals surface area contributed by atoms with Gasteiger partial charge in [-0.05, 0) is 49.9 Å². The lowest BCUT2D eigenvalue weighted by atomic mass is 10.1. The van der Waals surface area contributed by atoms with Gasteiger partial charge in [0, 0.05) is 18.1 Å². The summed E-state index contributed by atoms with van der Waals surface area (Å²) in [4.78, 5) is 28.0. The van der Waals surface area contributed by atoms with Crippen molar-refractivity contribution in [2.45, 2.75) is 53.1 Å². The molecule has 0 heterocycles. The third kappa shape index (κ3) is 7.21. The van der Waals surface area contributed by atoms with Crippen LogP contribution in [0.1, 0.15) is 43.4 Å². The fourth-order valence-electron chi connectivity index (χ4n) is 3.75. The zero-order valence-electron chi connectivity index (χ0n) is 20.5. The second-order valence-electron chi connectivity index (χ2n) is 8.38. The van der Waals surface area contributed by atoms with E-state index in [1.54, 1.807) is 25.1 Å². The molecule has 0 aliphatic carbocycles. The Balaban J connectivity index is 2.47. The highest BCUT2D eigenvalue weighted by atomic mass is 35.5. The Bertz CT molecular complexity index is 1120. The Kier molecular flexibility index (Phi) is 9.94. The smallest absolute Gasteiger partial charge is 0.244 e. The highest BCUT2D eigenvalue weighted by molar-refractivity contribution is 7.92. The molecular weight excluding hydrogens is 474 g/mol. The second-order valence-corrected chi connectivity index (χ2v) is 10.7. The first-order valence-electron chi connectivity index (χ1n) is 11.3. The lowest BCUT2D eigenvalue weighted by Crippen LogP contribution is -2.52. The van der Waals surface area contributed by atoms with E-state index in [2.05, 4.69) is 5.32 Å². The second kappa shape index (κ2) is 12.2. The maximum Gasteiger partial charge on any atom is 0.244 e. The van der Waals surface area contributed by atoms with Crippen LogP contribution < -0.4 is 9.62 Å². The molecule has 0 spiro atoms. The van der Waals surface area contributed by atoms with Crippen molar-refractivity contribution in [3.05, 3.63) is 64.2 Å². The quantitative estimate of drug-likeness (QED) is 0.497. The van der Waals surface area contributed by atoms with Crippen molar-refractivity contribution in [3.8, 4) is 0 Å². The summed E-state index contributed by atoms with van der Waals surface area (Å²) in [6.45, 7) is 7.69. The van der Waals surface area contributed by atoms with E-state index in [1.807, 2.05) is 45.0 Å². The number of carbonyl (C=O) groups is 2. The average Bonchev–Trinajstić information content (AvgIpc) is 2.77. The van der Waals surface area contributed by atoms with E-state index in [0.717, 1.165) is 28.1 Å². The normalized spacial score (nSPS) is 12.2. The number of aryl methyl sites for hydroxylation is 1. The van der Waals surface area contributed by atoms with Crippen LogP contribution >= 0.6 is 11.6 Å². The summed E-state index contributed by atoms with van der Waals surface area (Å²) in [5.74, 6) is -0.722. The summed E-state index contributed by atoms with van der Waals surface area (Å²) in [5, 5.41) is 3.27. The van der Waals surface area contributed by atoms with Gasteiger partial charge in [0.1, 0.15) is 12.6 Å². The molecule has 0 saturated carbocycles. The van der Waals surface area contributed by atoms with Crippen molar-refractivity contribution in [3.63, 3.8) is 0 Å². The third-order valence-corrected chi connectivity index (χ3v) is 7.09. The van der Waals surface area contributed by atoms with Crippen molar-refractivity contribution in [2.24, 2.45) is 0 Å². The Morgan fingerprint density at radius 1 is 1.09 bits per heavy atom. The van der Waals surface area contributed by atoms with Crippen molar-refractivity contribution in [1.29, 1.82) is 0 Å².